The van der Waals surface area contributed by atoms with E-state index >= 15 is 0 Å². The van der Waals surface area contributed by atoms with E-state index in [0.29, 0.717) is 19.1 Å². The molecule has 1 saturated carbocycles. The zero-order chi connectivity index (χ0) is 7.35. The fourth-order valence-electron chi connectivity index (χ4n) is 2.01. The van der Waals surface area contributed by atoms with Gasteiger partial charge in [0.15, 0.2) is 0 Å². The molecule has 2 aliphatic rings. The van der Waals surface area contributed by atoms with Crippen molar-refractivity contribution in [3.05, 3.63) is 0 Å². The Morgan fingerprint density at radius 3 is 2.80 bits per heavy atom. The van der Waals surface area contributed by atoms with Gasteiger partial charge < -0.3 is 10.5 Å². The van der Waals surface area contributed by atoms with Gasteiger partial charge in [-0.05, 0) is 6.92 Å². The largest absolute Gasteiger partial charge is 0.379 e. The number of ketones is 1. The van der Waals surface area contributed by atoms with Gasteiger partial charge >= 0.3 is 0 Å². The van der Waals surface area contributed by atoms with Gasteiger partial charge in [0.05, 0.1) is 18.8 Å². The minimum absolute atomic E-state index is 0.0984. The van der Waals surface area contributed by atoms with Crippen molar-refractivity contribution in [2.75, 3.05) is 13.2 Å². The number of ether oxygens (including phenoxy) is 1. The lowest BCUT2D eigenvalue weighted by atomic mass is 10.2. The fourth-order valence-corrected chi connectivity index (χ4v) is 2.01. The molecule has 0 spiro atoms. The first-order valence-corrected chi connectivity index (χ1v) is 3.53. The SMILES string of the molecule is CC(=O)[C@H]1[C@@H]2COC[C@@]21N. The van der Waals surface area contributed by atoms with E-state index < -0.39 is 0 Å². The average Bonchev–Trinajstić information content (AvgIpc) is 2.22. The summed E-state index contributed by atoms with van der Waals surface area (Å²) in [6, 6.07) is 0. The quantitative estimate of drug-likeness (QED) is 0.538. The Bertz CT molecular complexity index is 192. The van der Waals surface area contributed by atoms with Crippen molar-refractivity contribution in [2.24, 2.45) is 17.6 Å². The molecule has 1 saturated heterocycles. The first-order valence-electron chi connectivity index (χ1n) is 3.53. The van der Waals surface area contributed by atoms with Gasteiger partial charge in [-0.25, -0.2) is 0 Å². The van der Waals surface area contributed by atoms with Crippen LogP contribution in [0.5, 0.6) is 0 Å². The number of hydrogen-bond donors (Lipinski definition) is 1. The van der Waals surface area contributed by atoms with E-state index in [2.05, 4.69) is 0 Å². The number of Topliss-reactive ketones (excluding diaryl/α,β-unsaturated/α-hetero) is 1. The lowest BCUT2D eigenvalue weighted by Crippen LogP contribution is -2.30. The lowest BCUT2D eigenvalue weighted by Gasteiger charge is -2.04. The van der Waals surface area contributed by atoms with Crippen LogP contribution < -0.4 is 5.73 Å². The standard InChI is InChI=1S/C7H11NO2/c1-4(9)6-5-2-10-3-7(5,6)8/h5-6H,2-3,8H2,1H3/t5-,6-,7+/m0/s1. The molecule has 0 aromatic carbocycles. The molecule has 3 heteroatoms. The van der Waals surface area contributed by atoms with Crippen LogP contribution in [-0.4, -0.2) is 24.5 Å². The van der Waals surface area contributed by atoms with Crippen LogP contribution in [0.1, 0.15) is 6.92 Å². The minimum atomic E-state index is -0.272. The van der Waals surface area contributed by atoms with Gasteiger partial charge in [0, 0.05) is 11.8 Å². The predicted octanol–water partition coefficient (Wildman–Crippen LogP) is -0.451. The zero-order valence-corrected chi connectivity index (χ0v) is 5.96. The van der Waals surface area contributed by atoms with Crippen LogP contribution in [-0.2, 0) is 9.53 Å². The molecular weight excluding hydrogens is 130 g/mol. The molecule has 2 rings (SSSR count). The van der Waals surface area contributed by atoms with Crippen molar-refractivity contribution >= 4 is 5.78 Å². The molecule has 0 unspecified atom stereocenters. The highest BCUT2D eigenvalue weighted by Crippen LogP contribution is 2.52. The molecule has 0 bridgehead atoms. The summed E-state index contributed by atoms with van der Waals surface area (Å²) >= 11 is 0. The maximum Gasteiger partial charge on any atom is 0.135 e. The number of carbonyl (C=O) groups excluding carboxylic acids is 1. The van der Waals surface area contributed by atoms with E-state index in [1.807, 2.05) is 0 Å². The van der Waals surface area contributed by atoms with E-state index in [9.17, 15) is 4.79 Å². The zero-order valence-electron chi connectivity index (χ0n) is 5.96. The van der Waals surface area contributed by atoms with Gasteiger partial charge in [0.25, 0.3) is 0 Å². The average molecular weight is 141 g/mol. The summed E-state index contributed by atoms with van der Waals surface area (Å²) in [4.78, 5) is 10.9. The van der Waals surface area contributed by atoms with Crippen LogP contribution in [0.3, 0.4) is 0 Å². The summed E-state index contributed by atoms with van der Waals surface area (Å²) in [5.41, 5.74) is 5.58. The summed E-state index contributed by atoms with van der Waals surface area (Å²) < 4.78 is 5.11. The molecule has 0 aromatic rings. The Morgan fingerprint density at radius 1 is 1.80 bits per heavy atom. The summed E-state index contributed by atoms with van der Waals surface area (Å²) in [7, 11) is 0. The normalized spacial score (nSPS) is 50.6. The highest BCUT2D eigenvalue weighted by molar-refractivity contribution is 5.84. The van der Waals surface area contributed by atoms with E-state index in [1.165, 1.54) is 0 Å². The van der Waals surface area contributed by atoms with Crippen molar-refractivity contribution in [1.82, 2.24) is 0 Å². The number of carbonyl (C=O) groups is 1. The van der Waals surface area contributed by atoms with Crippen LogP contribution in [0.25, 0.3) is 0 Å². The van der Waals surface area contributed by atoms with Crippen molar-refractivity contribution < 1.29 is 9.53 Å². The predicted molar refractivity (Wildman–Crippen MR) is 35.4 cm³/mol. The Labute approximate surface area is 59.5 Å². The number of hydrogen-bond acceptors (Lipinski definition) is 3. The van der Waals surface area contributed by atoms with E-state index in [0.717, 1.165) is 0 Å². The molecule has 1 aliphatic carbocycles. The molecular formula is C7H11NO2. The summed E-state index contributed by atoms with van der Waals surface area (Å²) in [5.74, 6) is 0.641. The van der Waals surface area contributed by atoms with Gasteiger partial charge in [-0.2, -0.15) is 0 Å². The third-order valence-corrected chi connectivity index (χ3v) is 2.65. The van der Waals surface area contributed by atoms with Crippen LogP contribution in [0.4, 0.5) is 0 Å². The molecule has 0 aromatic heterocycles. The van der Waals surface area contributed by atoms with Gasteiger partial charge in [-0.15, -0.1) is 0 Å². The molecule has 2 N–H and O–H groups in total. The summed E-state index contributed by atoms with van der Waals surface area (Å²) in [6.07, 6.45) is 0. The molecule has 0 radical (unpaired) electrons. The van der Waals surface area contributed by atoms with Crippen LogP contribution >= 0.6 is 0 Å². The van der Waals surface area contributed by atoms with Gasteiger partial charge in [0.2, 0.25) is 0 Å². The van der Waals surface area contributed by atoms with Crippen LogP contribution in [0, 0.1) is 11.8 Å². The van der Waals surface area contributed by atoms with Crippen LogP contribution in [0.15, 0.2) is 0 Å². The van der Waals surface area contributed by atoms with Gasteiger partial charge in [-0.3, -0.25) is 4.79 Å². The molecule has 3 nitrogen and oxygen atoms in total. The van der Waals surface area contributed by atoms with E-state index in [1.54, 1.807) is 6.92 Å². The molecule has 10 heavy (non-hydrogen) atoms. The molecule has 0 amide bonds. The minimum Gasteiger partial charge on any atom is -0.379 e. The Balaban J connectivity index is 2.15. The second-order valence-corrected chi connectivity index (χ2v) is 3.32. The second-order valence-electron chi connectivity index (χ2n) is 3.32. The van der Waals surface area contributed by atoms with Crippen molar-refractivity contribution in [1.29, 1.82) is 0 Å². The second kappa shape index (κ2) is 1.60. The molecule has 1 aliphatic heterocycles. The fraction of sp³-hybridized carbons (Fsp3) is 0.857. The Hall–Kier alpha value is -0.410. The first kappa shape index (κ1) is 6.31. The third-order valence-electron chi connectivity index (χ3n) is 2.65. The van der Waals surface area contributed by atoms with Crippen LogP contribution in [0.2, 0.25) is 0 Å². The highest BCUT2D eigenvalue weighted by Gasteiger charge is 2.67. The molecule has 1 heterocycles. The third kappa shape index (κ3) is 0.545. The van der Waals surface area contributed by atoms with Gasteiger partial charge in [0.1, 0.15) is 5.78 Å². The maximum atomic E-state index is 10.9. The Kier molecular flexibility index (Phi) is 1.01. The summed E-state index contributed by atoms with van der Waals surface area (Å²) in [6.45, 7) is 2.86. The number of fused-ring (bicyclic) bond motifs is 1. The Morgan fingerprint density at radius 2 is 2.50 bits per heavy atom. The summed E-state index contributed by atoms with van der Waals surface area (Å²) in [5, 5.41) is 0. The van der Waals surface area contributed by atoms with E-state index in [-0.39, 0.29) is 17.2 Å². The molecule has 2 fully saturated rings. The molecule has 3 atom stereocenters. The van der Waals surface area contributed by atoms with Crippen molar-refractivity contribution in [3.63, 3.8) is 0 Å². The van der Waals surface area contributed by atoms with Crippen molar-refractivity contribution in [2.45, 2.75) is 12.5 Å². The molecule has 56 valence electrons. The van der Waals surface area contributed by atoms with Crippen molar-refractivity contribution in [3.8, 4) is 0 Å². The number of rotatable bonds is 1. The maximum absolute atomic E-state index is 10.9. The van der Waals surface area contributed by atoms with E-state index in [4.69, 9.17) is 10.5 Å². The smallest absolute Gasteiger partial charge is 0.135 e. The topological polar surface area (TPSA) is 52.3 Å². The lowest BCUT2D eigenvalue weighted by molar-refractivity contribution is -0.119. The monoisotopic (exact) mass is 141 g/mol. The highest BCUT2D eigenvalue weighted by atomic mass is 16.5. The number of nitrogens with two attached hydrogens (primary N) is 1. The first-order chi connectivity index (χ1) is 4.66. The van der Waals surface area contributed by atoms with Gasteiger partial charge in [-0.1, -0.05) is 0 Å².